The van der Waals surface area contributed by atoms with Crippen LogP contribution < -0.4 is 10.6 Å². The Morgan fingerprint density at radius 3 is 2.64 bits per heavy atom. The summed E-state index contributed by atoms with van der Waals surface area (Å²) >= 11 is 0. The Morgan fingerprint density at radius 2 is 1.96 bits per heavy atom. The summed E-state index contributed by atoms with van der Waals surface area (Å²) < 4.78 is 0. The second-order valence-corrected chi connectivity index (χ2v) is 7.44. The molecular weight excluding hydrogens is 310 g/mol. The van der Waals surface area contributed by atoms with E-state index in [4.69, 9.17) is 0 Å². The standard InChI is InChI=1S/C20H33N5/c1-16-7-6-12-22-19(16)15-23-20(21-2)24-17-10-13-25(14-11-17)18-8-4-3-5-9-18/h6-7,12,17-18H,3-5,8-11,13-15H2,1-2H3,(H2,21,23,24). The third kappa shape index (κ3) is 5.18. The number of likely N-dealkylation sites (tertiary alicyclic amines) is 1. The van der Waals surface area contributed by atoms with Crippen molar-refractivity contribution in [3.05, 3.63) is 29.6 Å². The number of nitrogens with zero attached hydrogens (tertiary/aromatic N) is 3. The molecule has 0 aromatic carbocycles. The molecule has 2 heterocycles. The minimum atomic E-state index is 0.524. The van der Waals surface area contributed by atoms with E-state index in [-0.39, 0.29) is 0 Å². The molecule has 1 saturated carbocycles. The van der Waals surface area contributed by atoms with E-state index in [0.717, 1.165) is 17.7 Å². The van der Waals surface area contributed by atoms with Crippen molar-refractivity contribution in [1.29, 1.82) is 0 Å². The summed E-state index contributed by atoms with van der Waals surface area (Å²) in [5, 5.41) is 7.01. The summed E-state index contributed by atoms with van der Waals surface area (Å²) in [5.74, 6) is 0.890. The summed E-state index contributed by atoms with van der Waals surface area (Å²) in [6.45, 7) is 5.26. The topological polar surface area (TPSA) is 52.6 Å². The maximum Gasteiger partial charge on any atom is 0.191 e. The minimum Gasteiger partial charge on any atom is -0.354 e. The van der Waals surface area contributed by atoms with E-state index >= 15 is 0 Å². The fourth-order valence-corrected chi connectivity index (χ4v) is 4.11. The van der Waals surface area contributed by atoms with Crippen LogP contribution in [0.15, 0.2) is 23.3 Å². The third-order valence-corrected chi connectivity index (χ3v) is 5.73. The van der Waals surface area contributed by atoms with Crippen molar-refractivity contribution in [2.45, 2.75) is 70.5 Å². The van der Waals surface area contributed by atoms with Gasteiger partial charge in [-0.15, -0.1) is 0 Å². The van der Waals surface area contributed by atoms with Crippen LogP contribution in [0.5, 0.6) is 0 Å². The van der Waals surface area contributed by atoms with Crippen molar-refractivity contribution < 1.29 is 0 Å². The first-order valence-corrected chi connectivity index (χ1v) is 9.88. The molecule has 1 aromatic rings. The van der Waals surface area contributed by atoms with E-state index in [1.165, 1.54) is 63.6 Å². The molecule has 25 heavy (non-hydrogen) atoms. The molecule has 2 fully saturated rings. The highest BCUT2D eigenvalue weighted by molar-refractivity contribution is 5.79. The van der Waals surface area contributed by atoms with E-state index in [2.05, 4.69) is 38.5 Å². The van der Waals surface area contributed by atoms with Crippen LogP contribution in [0, 0.1) is 6.92 Å². The molecule has 5 nitrogen and oxygen atoms in total. The minimum absolute atomic E-state index is 0.524. The van der Waals surface area contributed by atoms with Gasteiger partial charge >= 0.3 is 0 Å². The summed E-state index contributed by atoms with van der Waals surface area (Å²) in [6.07, 6.45) is 11.4. The third-order valence-electron chi connectivity index (χ3n) is 5.73. The van der Waals surface area contributed by atoms with E-state index in [9.17, 15) is 0 Å². The van der Waals surface area contributed by atoms with Gasteiger partial charge in [-0.1, -0.05) is 25.3 Å². The van der Waals surface area contributed by atoms with Crippen molar-refractivity contribution in [2.75, 3.05) is 20.1 Å². The van der Waals surface area contributed by atoms with Gasteiger partial charge in [-0.3, -0.25) is 9.98 Å². The number of aromatic nitrogens is 1. The normalized spacial score (nSPS) is 21.3. The monoisotopic (exact) mass is 343 g/mol. The first-order valence-electron chi connectivity index (χ1n) is 9.88. The van der Waals surface area contributed by atoms with E-state index in [1.807, 2.05) is 19.3 Å². The highest BCUT2D eigenvalue weighted by Gasteiger charge is 2.26. The van der Waals surface area contributed by atoms with Gasteiger partial charge < -0.3 is 15.5 Å². The Labute approximate surface area is 152 Å². The molecule has 0 atom stereocenters. The smallest absolute Gasteiger partial charge is 0.191 e. The molecule has 5 heteroatoms. The average molecular weight is 344 g/mol. The molecule has 0 radical (unpaired) electrons. The van der Waals surface area contributed by atoms with E-state index < -0.39 is 0 Å². The summed E-state index contributed by atoms with van der Waals surface area (Å²) in [4.78, 5) is 11.6. The molecule has 1 aromatic heterocycles. The summed E-state index contributed by atoms with van der Waals surface area (Å²) in [7, 11) is 1.85. The van der Waals surface area contributed by atoms with Gasteiger partial charge in [0, 0.05) is 38.4 Å². The molecule has 2 N–H and O–H groups in total. The van der Waals surface area contributed by atoms with Gasteiger partial charge in [-0.05, 0) is 44.2 Å². The number of pyridine rings is 1. The zero-order valence-electron chi connectivity index (χ0n) is 15.8. The van der Waals surface area contributed by atoms with Gasteiger partial charge in [0.05, 0.1) is 12.2 Å². The van der Waals surface area contributed by atoms with Crippen molar-refractivity contribution in [1.82, 2.24) is 20.5 Å². The van der Waals surface area contributed by atoms with Crippen LogP contribution in [0.25, 0.3) is 0 Å². The molecule has 138 valence electrons. The van der Waals surface area contributed by atoms with Crippen LogP contribution in [0.2, 0.25) is 0 Å². The summed E-state index contributed by atoms with van der Waals surface area (Å²) in [6, 6.07) is 5.45. The number of nitrogens with one attached hydrogen (secondary N) is 2. The SMILES string of the molecule is CN=C(NCc1ncccc1C)NC1CCN(C2CCCCC2)CC1. The summed E-state index contributed by atoms with van der Waals surface area (Å²) in [5.41, 5.74) is 2.30. The van der Waals surface area contributed by atoms with Crippen molar-refractivity contribution in [2.24, 2.45) is 4.99 Å². The van der Waals surface area contributed by atoms with Crippen LogP contribution in [0.1, 0.15) is 56.2 Å². The molecular formula is C20H33N5. The average Bonchev–Trinajstić information content (AvgIpc) is 2.67. The first-order chi connectivity index (χ1) is 12.3. The molecule has 0 bridgehead atoms. The largest absolute Gasteiger partial charge is 0.354 e. The highest BCUT2D eigenvalue weighted by atomic mass is 15.2. The molecule has 0 amide bonds. The van der Waals surface area contributed by atoms with Crippen LogP contribution >= 0.6 is 0 Å². The predicted molar refractivity (Wildman–Crippen MR) is 104 cm³/mol. The Bertz CT molecular complexity index is 557. The number of rotatable bonds is 4. The van der Waals surface area contributed by atoms with E-state index in [1.54, 1.807) is 0 Å². The number of aliphatic imine (C=N–C) groups is 1. The molecule has 0 spiro atoms. The quantitative estimate of drug-likeness (QED) is 0.652. The van der Waals surface area contributed by atoms with E-state index in [0.29, 0.717) is 12.6 Å². The lowest BCUT2D eigenvalue weighted by atomic mass is 9.92. The fraction of sp³-hybridized carbons (Fsp3) is 0.700. The van der Waals surface area contributed by atoms with Crippen molar-refractivity contribution >= 4 is 5.96 Å². The number of hydrogen-bond acceptors (Lipinski definition) is 3. The Morgan fingerprint density at radius 1 is 1.20 bits per heavy atom. The van der Waals surface area contributed by atoms with Gasteiger partial charge in [0.15, 0.2) is 5.96 Å². The molecule has 1 aliphatic carbocycles. The lowest BCUT2D eigenvalue weighted by Crippen LogP contribution is -2.50. The number of hydrogen-bond donors (Lipinski definition) is 2. The Kier molecular flexibility index (Phi) is 6.68. The van der Waals surface area contributed by atoms with Gasteiger partial charge in [-0.25, -0.2) is 0 Å². The molecule has 2 aliphatic rings. The number of piperidine rings is 1. The van der Waals surface area contributed by atoms with Crippen LogP contribution in [0.3, 0.4) is 0 Å². The zero-order valence-corrected chi connectivity index (χ0v) is 15.8. The van der Waals surface area contributed by atoms with Gasteiger partial charge in [0.1, 0.15) is 0 Å². The second-order valence-electron chi connectivity index (χ2n) is 7.44. The number of guanidine groups is 1. The Hall–Kier alpha value is -1.62. The van der Waals surface area contributed by atoms with Crippen molar-refractivity contribution in [3.8, 4) is 0 Å². The fourth-order valence-electron chi connectivity index (χ4n) is 4.11. The second kappa shape index (κ2) is 9.18. The van der Waals surface area contributed by atoms with Crippen LogP contribution in [-0.4, -0.2) is 48.1 Å². The van der Waals surface area contributed by atoms with Crippen LogP contribution in [-0.2, 0) is 6.54 Å². The zero-order chi connectivity index (χ0) is 17.5. The Balaban J connectivity index is 1.43. The highest BCUT2D eigenvalue weighted by Crippen LogP contribution is 2.25. The van der Waals surface area contributed by atoms with Crippen molar-refractivity contribution in [3.63, 3.8) is 0 Å². The lowest BCUT2D eigenvalue weighted by Gasteiger charge is -2.39. The molecule has 1 aliphatic heterocycles. The van der Waals surface area contributed by atoms with Gasteiger partial charge in [0.2, 0.25) is 0 Å². The number of aryl methyl sites for hydroxylation is 1. The maximum absolute atomic E-state index is 4.44. The van der Waals surface area contributed by atoms with Gasteiger partial charge in [-0.2, -0.15) is 0 Å². The molecule has 3 rings (SSSR count). The lowest BCUT2D eigenvalue weighted by molar-refractivity contribution is 0.119. The molecule has 1 saturated heterocycles. The molecule has 0 unspecified atom stereocenters. The first kappa shape index (κ1) is 18.2. The van der Waals surface area contributed by atoms with Gasteiger partial charge in [0.25, 0.3) is 0 Å². The predicted octanol–water partition coefficient (Wildman–Crippen LogP) is 2.85. The van der Waals surface area contributed by atoms with Crippen LogP contribution in [0.4, 0.5) is 0 Å². The maximum atomic E-state index is 4.44.